The van der Waals surface area contributed by atoms with Gasteiger partial charge in [-0.15, -0.1) is 0 Å². The van der Waals surface area contributed by atoms with E-state index in [1.54, 1.807) is 18.3 Å². The van der Waals surface area contributed by atoms with Crippen LogP contribution in [0.5, 0.6) is 0 Å². The number of carbonyl (C=O) groups excluding carboxylic acids is 1. The highest BCUT2D eigenvalue weighted by Gasteiger charge is 2.26. The monoisotopic (exact) mass is 232 g/mol. The Bertz CT molecular complexity index is 570. The van der Waals surface area contributed by atoms with E-state index in [4.69, 9.17) is 0 Å². The van der Waals surface area contributed by atoms with Gasteiger partial charge in [-0.1, -0.05) is 6.07 Å². The first-order chi connectivity index (χ1) is 8.27. The quantitative estimate of drug-likeness (QED) is 0.780. The highest BCUT2D eigenvalue weighted by atomic mass is 19.1. The average Bonchev–Trinajstić information content (AvgIpc) is 2.98. The maximum Gasteiger partial charge on any atom is 0.181 e. The van der Waals surface area contributed by atoms with Crippen LogP contribution in [0.3, 0.4) is 0 Å². The molecule has 1 saturated heterocycles. The fourth-order valence-corrected chi connectivity index (χ4v) is 2.43. The maximum atomic E-state index is 13.7. The third-order valence-corrected chi connectivity index (χ3v) is 3.30. The van der Waals surface area contributed by atoms with E-state index in [9.17, 15) is 9.18 Å². The summed E-state index contributed by atoms with van der Waals surface area (Å²) in [6.07, 6.45) is 3.44. The van der Waals surface area contributed by atoms with Gasteiger partial charge in [0.15, 0.2) is 5.78 Å². The topological polar surface area (TPSA) is 44.9 Å². The van der Waals surface area contributed by atoms with Crippen molar-refractivity contribution in [3.63, 3.8) is 0 Å². The van der Waals surface area contributed by atoms with Gasteiger partial charge in [0, 0.05) is 22.7 Å². The van der Waals surface area contributed by atoms with E-state index in [1.165, 1.54) is 6.07 Å². The van der Waals surface area contributed by atoms with Gasteiger partial charge in [-0.2, -0.15) is 0 Å². The van der Waals surface area contributed by atoms with E-state index in [0.29, 0.717) is 16.5 Å². The Morgan fingerprint density at radius 2 is 2.29 bits per heavy atom. The number of ketones is 1. The second kappa shape index (κ2) is 3.96. The number of nitrogens with one attached hydrogen (secondary N) is 2. The molecule has 1 aromatic heterocycles. The molecule has 4 heteroatoms. The predicted octanol–water partition coefficient (Wildman–Crippen LogP) is 2.24. The van der Waals surface area contributed by atoms with Gasteiger partial charge >= 0.3 is 0 Å². The molecule has 17 heavy (non-hydrogen) atoms. The summed E-state index contributed by atoms with van der Waals surface area (Å²) in [6, 6.07) is 4.64. The normalized spacial score (nSPS) is 19.9. The van der Waals surface area contributed by atoms with Gasteiger partial charge in [0.1, 0.15) is 5.82 Å². The van der Waals surface area contributed by atoms with Crippen LogP contribution in [0.15, 0.2) is 24.4 Å². The number of Topliss-reactive ketones (excluding diaryl/α,β-unsaturated/α-hetero) is 1. The van der Waals surface area contributed by atoms with Gasteiger partial charge in [0.05, 0.1) is 6.04 Å². The number of aromatic nitrogens is 1. The molecule has 88 valence electrons. The number of rotatable bonds is 2. The number of H-pyrrole nitrogens is 1. The van der Waals surface area contributed by atoms with Crippen molar-refractivity contribution in [2.45, 2.75) is 18.9 Å². The Hall–Kier alpha value is -1.68. The summed E-state index contributed by atoms with van der Waals surface area (Å²) in [7, 11) is 0. The van der Waals surface area contributed by atoms with E-state index < -0.39 is 0 Å². The van der Waals surface area contributed by atoms with Crippen molar-refractivity contribution in [1.82, 2.24) is 10.3 Å². The number of aromatic amines is 1. The van der Waals surface area contributed by atoms with E-state index in [1.807, 2.05) is 0 Å². The highest BCUT2D eigenvalue weighted by molar-refractivity contribution is 6.10. The Balaban J connectivity index is 2.08. The standard InChI is InChI=1S/C13H13FN2O/c14-9-3-1-4-10-12(9)8(7-16-10)13(17)11-5-2-6-15-11/h1,3-4,7,11,15-16H,2,5-6H2. The minimum atomic E-state index is -0.343. The molecular formula is C13H13FN2O. The van der Waals surface area contributed by atoms with E-state index in [0.717, 1.165) is 19.4 Å². The molecule has 2 aromatic rings. The van der Waals surface area contributed by atoms with Crippen LogP contribution < -0.4 is 5.32 Å². The molecule has 0 radical (unpaired) electrons. The lowest BCUT2D eigenvalue weighted by Crippen LogP contribution is -2.30. The lowest BCUT2D eigenvalue weighted by molar-refractivity contribution is 0.0954. The summed E-state index contributed by atoms with van der Waals surface area (Å²) < 4.78 is 13.7. The van der Waals surface area contributed by atoms with Crippen LogP contribution in [-0.4, -0.2) is 23.4 Å². The Morgan fingerprint density at radius 1 is 1.41 bits per heavy atom. The van der Waals surface area contributed by atoms with Crippen LogP contribution in [0.4, 0.5) is 4.39 Å². The minimum Gasteiger partial charge on any atom is -0.360 e. The number of benzene rings is 1. The van der Waals surface area contributed by atoms with Crippen molar-refractivity contribution < 1.29 is 9.18 Å². The van der Waals surface area contributed by atoms with Gasteiger partial charge in [-0.05, 0) is 31.5 Å². The molecule has 3 rings (SSSR count). The van der Waals surface area contributed by atoms with E-state index >= 15 is 0 Å². The van der Waals surface area contributed by atoms with Crippen LogP contribution in [0, 0.1) is 5.82 Å². The van der Waals surface area contributed by atoms with Crippen LogP contribution in [-0.2, 0) is 0 Å². The maximum absolute atomic E-state index is 13.7. The molecular weight excluding hydrogens is 219 g/mol. The summed E-state index contributed by atoms with van der Waals surface area (Å²) in [4.78, 5) is 15.2. The molecule has 1 atom stereocenters. The molecule has 0 aliphatic carbocycles. The number of hydrogen-bond donors (Lipinski definition) is 2. The molecule has 0 spiro atoms. The van der Waals surface area contributed by atoms with Crippen molar-refractivity contribution in [3.8, 4) is 0 Å². The van der Waals surface area contributed by atoms with Crippen LogP contribution in [0.2, 0.25) is 0 Å². The molecule has 2 heterocycles. The predicted molar refractivity (Wildman–Crippen MR) is 63.6 cm³/mol. The van der Waals surface area contributed by atoms with Gasteiger partial charge in [0.25, 0.3) is 0 Å². The summed E-state index contributed by atoms with van der Waals surface area (Å²) in [5.41, 5.74) is 1.13. The van der Waals surface area contributed by atoms with Gasteiger partial charge in [-0.3, -0.25) is 4.79 Å². The Morgan fingerprint density at radius 3 is 3.06 bits per heavy atom. The molecule has 0 amide bonds. The largest absolute Gasteiger partial charge is 0.360 e. The second-order valence-electron chi connectivity index (χ2n) is 4.38. The number of hydrogen-bond acceptors (Lipinski definition) is 2. The van der Waals surface area contributed by atoms with Crippen LogP contribution in [0.1, 0.15) is 23.2 Å². The molecule has 1 aliphatic heterocycles. The fourth-order valence-electron chi connectivity index (χ4n) is 2.43. The zero-order chi connectivity index (χ0) is 11.8. The van der Waals surface area contributed by atoms with Crippen molar-refractivity contribution in [1.29, 1.82) is 0 Å². The molecule has 0 bridgehead atoms. The molecule has 3 nitrogen and oxygen atoms in total. The molecule has 2 N–H and O–H groups in total. The Kier molecular flexibility index (Phi) is 2.44. The third kappa shape index (κ3) is 1.65. The van der Waals surface area contributed by atoms with Gasteiger partial charge < -0.3 is 10.3 Å². The minimum absolute atomic E-state index is 0.0150. The zero-order valence-electron chi connectivity index (χ0n) is 9.29. The summed E-state index contributed by atoms with van der Waals surface area (Å²) in [6.45, 7) is 0.862. The average molecular weight is 232 g/mol. The zero-order valence-corrected chi connectivity index (χ0v) is 9.29. The second-order valence-corrected chi connectivity index (χ2v) is 4.38. The molecule has 0 saturated carbocycles. The SMILES string of the molecule is O=C(c1c[nH]c2cccc(F)c12)C1CCCN1. The third-order valence-electron chi connectivity index (χ3n) is 3.30. The lowest BCUT2D eigenvalue weighted by atomic mass is 10.0. The van der Waals surface area contributed by atoms with E-state index in [-0.39, 0.29) is 17.6 Å². The highest BCUT2D eigenvalue weighted by Crippen LogP contribution is 2.24. The van der Waals surface area contributed by atoms with Crippen molar-refractivity contribution in [2.75, 3.05) is 6.54 Å². The van der Waals surface area contributed by atoms with Crippen LogP contribution >= 0.6 is 0 Å². The van der Waals surface area contributed by atoms with Gasteiger partial charge in [-0.25, -0.2) is 4.39 Å². The fraction of sp³-hybridized carbons (Fsp3) is 0.308. The Labute approximate surface area is 98.0 Å². The molecule has 1 aliphatic rings. The molecule has 1 aromatic carbocycles. The lowest BCUT2D eigenvalue weighted by Gasteiger charge is -2.07. The van der Waals surface area contributed by atoms with Crippen molar-refractivity contribution >= 4 is 16.7 Å². The first kappa shape index (κ1) is 10.5. The van der Waals surface area contributed by atoms with Crippen molar-refractivity contribution in [2.24, 2.45) is 0 Å². The number of fused-ring (bicyclic) bond motifs is 1. The molecule has 1 fully saturated rings. The van der Waals surface area contributed by atoms with Crippen molar-refractivity contribution in [3.05, 3.63) is 35.8 Å². The first-order valence-corrected chi connectivity index (χ1v) is 5.80. The summed E-state index contributed by atoms with van der Waals surface area (Å²) in [5, 5.41) is 3.55. The summed E-state index contributed by atoms with van der Waals surface area (Å²) >= 11 is 0. The molecule has 1 unspecified atom stereocenters. The number of halogens is 1. The van der Waals surface area contributed by atoms with Crippen LogP contribution in [0.25, 0.3) is 10.9 Å². The van der Waals surface area contributed by atoms with E-state index in [2.05, 4.69) is 10.3 Å². The number of carbonyl (C=O) groups is 1. The smallest absolute Gasteiger partial charge is 0.181 e. The van der Waals surface area contributed by atoms with Gasteiger partial charge in [0.2, 0.25) is 0 Å². The summed E-state index contributed by atoms with van der Waals surface area (Å²) in [5.74, 6) is -0.357. The first-order valence-electron chi connectivity index (χ1n) is 5.80.